The fraction of sp³-hybridized carbons (Fsp3) is 0.278. The van der Waals surface area contributed by atoms with E-state index in [2.05, 4.69) is 4.98 Å². The minimum atomic E-state index is -0.147. The molecule has 0 bridgehead atoms. The quantitative estimate of drug-likeness (QED) is 0.699. The summed E-state index contributed by atoms with van der Waals surface area (Å²) in [6.07, 6.45) is 1.48. The molecule has 1 atom stereocenters. The number of halogens is 1. The summed E-state index contributed by atoms with van der Waals surface area (Å²) in [5.41, 5.74) is 1.50. The van der Waals surface area contributed by atoms with Crippen LogP contribution in [-0.4, -0.2) is 27.4 Å². The highest BCUT2D eigenvalue weighted by Gasteiger charge is 2.25. The molecule has 0 N–H and O–H groups in total. The molecule has 2 aromatic heterocycles. The van der Waals surface area contributed by atoms with Crippen molar-refractivity contribution in [2.45, 2.75) is 19.9 Å². The van der Waals surface area contributed by atoms with E-state index in [1.165, 1.54) is 22.2 Å². The number of benzene rings is 1. The summed E-state index contributed by atoms with van der Waals surface area (Å²) >= 11 is 7.31. The number of aromatic nitrogens is 2. The van der Waals surface area contributed by atoms with Gasteiger partial charge in [-0.2, -0.15) is 0 Å². The van der Waals surface area contributed by atoms with E-state index in [1.54, 1.807) is 32.0 Å². The minimum absolute atomic E-state index is 0.130. The number of carbonyl (C=O) groups is 1. The molecule has 25 heavy (non-hydrogen) atoms. The van der Waals surface area contributed by atoms with Crippen LogP contribution in [0.3, 0.4) is 0 Å². The van der Waals surface area contributed by atoms with Crippen molar-refractivity contribution in [2.75, 3.05) is 7.05 Å². The van der Waals surface area contributed by atoms with Crippen molar-refractivity contribution in [3.8, 4) is 0 Å². The minimum Gasteiger partial charge on any atom is -0.334 e. The van der Waals surface area contributed by atoms with Gasteiger partial charge in [0.15, 0.2) is 0 Å². The van der Waals surface area contributed by atoms with Crippen molar-refractivity contribution in [1.29, 1.82) is 0 Å². The third-order valence-corrected chi connectivity index (χ3v) is 5.86. The smallest absolute Gasteiger partial charge is 0.264 e. The molecule has 1 aromatic carbocycles. The van der Waals surface area contributed by atoms with Crippen molar-refractivity contribution in [1.82, 2.24) is 14.5 Å². The number of hydrogen-bond acceptors (Lipinski definition) is 4. The van der Waals surface area contributed by atoms with Crippen LogP contribution in [0.4, 0.5) is 0 Å². The molecule has 3 rings (SSSR count). The summed E-state index contributed by atoms with van der Waals surface area (Å²) in [5, 5.41) is 1.15. The summed E-state index contributed by atoms with van der Waals surface area (Å²) in [5.74, 6) is -0.130. The van der Waals surface area contributed by atoms with E-state index in [0.29, 0.717) is 25.7 Å². The molecule has 0 spiro atoms. The summed E-state index contributed by atoms with van der Waals surface area (Å²) < 4.78 is 1.43. The summed E-state index contributed by atoms with van der Waals surface area (Å²) in [4.78, 5) is 32.4. The van der Waals surface area contributed by atoms with Crippen molar-refractivity contribution >= 4 is 39.1 Å². The van der Waals surface area contributed by atoms with Crippen molar-refractivity contribution < 1.29 is 4.79 Å². The number of hydrogen-bond donors (Lipinski definition) is 0. The number of amides is 1. The van der Waals surface area contributed by atoms with Gasteiger partial charge in [0.25, 0.3) is 11.5 Å². The Morgan fingerprint density at radius 1 is 1.40 bits per heavy atom. The predicted molar refractivity (Wildman–Crippen MR) is 102 cm³/mol. The molecule has 0 fully saturated rings. The Morgan fingerprint density at radius 2 is 2.12 bits per heavy atom. The Kier molecular flexibility index (Phi) is 4.67. The lowest BCUT2D eigenvalue weighted by Crippen LogP contribution is -2.29. The van der Waals surface area contributed by atoms with Gasteiger partial charge in [0.05, 0.1) is 22.6 Å². The van der Waals surface area contributed by atoms with Crippen molar-refractivity contribution in [3.05, 3.63) is 62.0 Å². The molecule has 7 heteroatoms. The zero-order valence-corrected chi connectivity index (χ0v) is 16.0. The van der Waals surface area contributed by atoms with E-state index >= 15 is 0 Å². The van der Waals surface area contributed by atoms with Gasteiger partial charge >= 0.3 is 0 Å². The van der Waals surface area contributed by atoms with Crippen molar-refractivity contribution in [2.24, 2.45) is 7.05 Å². The molecule has 2 heterocycles. The number of nitrogens with zero attached hydrogens (tertiary/aromatic N) is 3. The maximum absolute atomic E-state index is 13.0. The maximum atomic E-state index is 13.0. The lowest BCUT2D eigenvalue weighted by molar-refractivity contribution is 0.0747. The van der Waals surface area contributed by atoms with Crippen LogP contribution in [0.15, 0.2) is 35.4 Å². The van der Waals surface area contributed by atoms with Gasteiger partial charge in [0.2, 0.25) is 0 Å². The van der Waals surface area contributed by atoms with Gasteiger partial charge in [-0.25, -0.2) is 4.98 Å². The highest BCUT2D eigenvalue weighted by molar-refractivity contribution is 7.20. The molecule has 0 aliphatic carbocycles. The van der Waals surface area contributed by atoms with Gasteiger partial charge in [-0.15, -0.1) is 11.3 Å². The molecule has 1 unspecified atom stereocenters. The van der Waals surface area contributed by atoms with Crippen LogP contribution in [0, 0.1) is 6.92 Å². The lowest BCUT2D eigenvalue weighted by atomic mass is 10.1. The monoisotopic (exact) mass is 375 g/mol. The summed E-state index contributed by atoms with van der Waals surface area (Å²) in [6.45, 7) is 3.75. The van der Waals surface area contributed by atoms with Crippen LogP contribution in [0.25, 0.3) is 10.2 Å². The molecule has 0 aliphatic heterocycles. The van der Waals surface area contributed by atoms with Gasteiger partial charge in [-0.05, 0) is 37.1 Å². The van der Waals surface area contributed by atoms with Gasteiger partial charge in [0.1, 0.15) is 4.83 Å². The standard InChI is InChI=1S/C18H18ClN3O2S/c1-10-14-16(20-9-21(3)17(14)23)25-15(10)18(24)22(4)11(2)12-6-5-7-13(19)8-12/h5-9,11H,1-4H3. The number of rotatable bonds is 3. The molecule has 0 saturated heterocycles. The first kappa shape index (κ1) is 17.6. The zero-order chi connectivity index (χ0) is 18.3. The third-order valence-electron chi connectivity index (χ3n) is 4.44. The second-order valence-corrected chi connectivity index (χ2v) is 7.48. The highest BCUT2D eigenvalue weighted by Crippen LogP contribution is 2.30. The van der Waals surface area contributed by atoms with E-state index in [0.717, 1.165) is 5.56 Å². The number of carbonyl (C=O) groups excluding carboxylic acids is 1. The topological polar surface area (TPSA) is 55.2 Å². The summed E-state index contributed by atoms with van der Waals surface area (Å²) in [7, 11) is 3.41. The Balaban J connectivity index is 2.00. The van der Waals surface area contributed by atoms with Gasteiger partial charge in [-0.3, -0.25) is 9.59 Å². The number of fused-ring (bicyclic) bond motifs is 1. The Morgan fingerprint density at radius 3 is 2.80 bits per heavy atom. The molecular weight excluding hydrogens is 358 g/mol. The van der Waals surface area contributed by atoms with E-state index in [4.69, 9.17) is 11.6 Å². The van der Waals surface area contributed by atoms with Gasteiger partial charge in [0, 0.05) is 19.1 Å². The Labute approximate surface area is 154 Å². The fourth-order valence-corrected chi connectivity index (χ4v) is 4.06. The Bertz CT molecular complexity index is 1020. The molecule has 3 aromatic rings. The largest absolute Gasteiger partial charge is 0.334 e. The fourth-order valence-electron chi connectivity index (χ4n) is 2.74. The van der Waals surface area contributed by atoms with Gasteiger partial charge in [-0.1, -0.05) is 23.7 Å². The van der Waals surface area contributed by atoms with Crippen LogP contribution < -0.4 is 5.56 Å². The maximum Gasteiger partial charge on any atom is 0.264 e. The van der Waals surface area contributed by atoms with Crippen LogP contribution >= 0.6 is 22.9 Å². The average molecular weight is 376 g/mol. The van der Waals surface area contributed by atoms with E-state index in [9.17, 15) is 9.59 Å². The van der Waals surface area contributed by atoms with E-state index in [-0.39, 0.29) is 17.5 Å². The first-order valence-corrected chi connectivity index (χ1v) is 8.98. The third kappa shape index (κ3) is 3.07. The van der Waals surface area contributed by atoms with Crippen LogP contribution in [0.5, 0.6) is 0 Å². The number of thiophene rings is 1. The first-order valence-electron chi connectivity index (χ1n) is 7.78. The van der Waals surface area contributed by atoms with E-state index < -0.39 is 0 Å². The Hall–Kier alpha value is -2.18. The van der Waals surface area contributed by atoms with Crippen LogP contribution in [-0.2, 0) is 7.05 Å². The molecule has 0 radical (unpaired) electrons. The van der Waals surface area contributed by atoms with E-state index in [1.807, 2.05) is 25.1 Å². The van der Waals surface area contributed by atoms with Crippen LogP contribution in [0.1, 0.15) is 33.8 Å². The highest BCUT2D eigenvalue weighted by atomic mass is 35.5. The zero-order valence-electron chi connectivity index (χ0n) is 14.4. The normalized spacial score (nSPS) is 12.4. The lowest BCUT2D eigenvalue weighted by Gasteiger charge is -2.25. The van der Waals surface area contributed by atoms with Crippen molar-refractivity contribution in [3.63, 3.8) is 0 Å². The number of aryl methyl sites for hydroxylation is 2. The first-order chi connectivity index (χ1) is 11.8. The molecule has 5 nitrogen and oxygen atoms in total. The van der Waals surface area contributed by atoms with Gasteiger partial charge < -0.3 is 9.47 Å². The molecule has 130 valence electrons. The molecule has 0 aliphatic rings. The SMILES string of the molecule is Cc1c(C(=O)N(C)C(C)c2cccc(Cl)c2)sc2ncn(C)c(=O)c12. The molecule has 0 saturated carbocycles. The average Bonchev–Trinajstić information content (AvgIpc) is 2.93. The van der Waals surface area contributed by atoms with Crippen LogP contribution in [0.2, 0.25) is 5.02 Å². The summed E-state index contributed by atoms with van der Waals surface area (Å²) in [6, 6.07) is 7.31. The second-order valence-electron chi connectivity index (χ2n) is 6.04. The second kappa shape index (κ2) is 6.61. The molecule has 1 amide bonds. The predicted octanol–water partition coefficient (Wildman–Crippen LogP) is 3.79. The molecular formula is C18H18ClN3O2S.